The molecule has 6 nitrogen and oxygen atoms in total. The Hall–Kier alpha value is -2.54. The van der Waals surface area contributed by atoms with Crippen LogP contribution in [-0.4, -0.2) is 32.6 Å². The standard InChI is InChI=1S/C19H19BrN2O4/c1-25-15-6-7-17(26-2)16(10-15)22-11-12(8-18(22)23)19(24)21-14-5-3-4-13(20)9-14/h3-7,9-10,12H,8,11H2,1-2H3,(H,21,24)/t12-/m0/s1. The van der Waals surface area contributed by atoms with Gasteiger partial charge in [-0.3, -0.25) is 9.59 Å². The average Bonchev–Trinajstić information content (AvgIpc) is 3.03. The quantitative estimate of drug-likeness (QED) is 0.806. The lowest BCUT2D eigenvalue weighted by atomic mass is 10.1. The van der Waals surface area contributed by atoms with Gasteiger partial charge in [0.25, 0.3) is 0 Å². The Morgan fingerprint density at radius 3 is 2.69 bits per heavy atom. The van der Waals surface area contributed by atoms with Crippen molar-refractivity contribution in [2.75, 3.05) is 31.0 Å². The zero-order chi connectivity index (χ0) is 18.7. The van der Waals surface area contributed by atoms with Crippen molar-refractivity contribution in [2.24, 2.45) is 5.92 Å². The van der Waals surface area contributed by atoms with Gasteiger partial charge in [0.05, 0.1) is 25.8 Å². The van der Waals surface area contributed by atoms with Crippen LogP contribution in [-0.2, 0) is 9.59 Å². The lowest BCUT2D eigenvalue weighted by Crippen LogP contribution is -2.28. The van der Waals surface area contributed by atoms with E-state index in [9.17, 15) is 9.59 Å². The molecule has 0 bridgehead atoms. The highest BCUT2D eigenvalue weighted by Crippen LogP contribution is 2.36. The van der Waals surface area contributed by atoms with Crippen LogP contribution < -0.4 is 19.7 Å². The van der Waals surface area contributed by atoms with Gasteiger partial charge >= 0.3 is 0 Å². The summed E-state index contributed by atoms with van der Waals surface area (Å²) in [5.74, 6) is 0.451. The average molecular weight is 419 g/mol. The SMILES string of the molecule is COc1ccc(OC)c(N2C[C@@H](C(=O)Nc3cccc(Br)c3)CC2=O)c1. The Balaban J connectivity index is 1.77. The molecular weight excluding hydrogens is 400 g/mol. The maximum absolute atomic E-state index is 12.6. The Morgan fingerprint density at radius 1 is 1.19 bits per heavy atom. The van der Waals surface area contributed by atoms with E-state index in [2.05, 4.69) is 21.2 Å². The van der Waals surface area contributed by atoms with Gasteiger partial charge in [-0.05, 0) is 30.3 Å². The normalized spacial score (nSPS) is 16.5. The number of amides is 2. The van der Waals surface area contributed by atoms with E-state index in [4.69, 9.17) is 9.47 Å². The van der Waals surface area contributed by atoms with Gasteiger partial charge in [0.15, 0.2) is 0 Å². The first-order valence-electron chi connectivity index (χ1n) is 8.10. The topological polar surface area (TPSA) is 67.9 Å². The van der Waals surface area contributed by atoms with E-state index >= 15 is 0 Å². The molecule has 0 aliphatic carbocycles. The number of rotatable bonds is 5. The summed E-state index contributed by atoms with van der Waals surface area (Å²) in [6.45, 7) is 0.294. The van der Waals surface area contributed by atoms with Crippen molar-refractivity contribution in [3.8, 4) is 11.5 Å². The third kappa shape index (κ3) is 3.83. The summed E-state index contributed by atoms with van der Waals surface area (Å²) < 4.78 is 11.5. The molecule has 1 fully saturated rings. The fourth-order valence-corrected chi connectivity index (χ4v) is 3.33. The highest BCUT2D eigenvalue weighted by Gasteiger charge is 2.36. The van der Waals surface area contributed by atoms with Crippen molar-refractivity contribution in [1.29, 1.82) is 0 Å². The van der Waals surface area contributed by atoms with Crippen LogP contribution in [0, 0.1) is 5.92 Å². The van der Waals surface area contributed by atoms with Crippen molar-refractivity contribution in [3.05, 3.63) is 46.9 Å². The van der Waals surface area contributed by atoms with E-state index in [0.717, 1.165) is 4.47 Å². The van der Waals surface area contributed by atoms with Crippen LogP contribution in [0.5, 0.6) is 11.5 Å². The molecule has 2 amide bonds. The second kappa shape index (κ2) is 7.78. The molecule has 0 unspecified atom stereocenters. The fraction of sp³-hybridized carbons (Fsp3) is 0.263. The summed E-state index contributed by atoms with van der Waals surface area (Å²) in [6, 6.07) is 12.6. The molecule has 0 aromatic heterocycles. The minimum atomic E-state index is -0.433. The van der Waals surface area contributed by atoms with Crippen molar-refractivity contribution in [2.45, 2.75) is 6.42 Å². The van der Waals surface area contributed by atoms with Gasteiger partial charge in [-0.1, -0.05) is 22.0 Å². The number of methoxy groups -OCH3 is 2. The zero-order valence-corrected chi connectivity index (χ0v) is 16.1. The molecular formula is C19H19BrN2O4. The largest absolute Gasteiger partial charge is 0.497 e. The third-order valence-corrected chi connectivity index (χ3v) is 4.76. The summed E-state index contributed by atoms with van der Waals surface area (Å²) >= 11 is 3.38. The molecule has 1 aliphatic rings. The molecule has 1 N–H and O–H groups in total. The third-order valence-electron chi connectivity index (χ3n) is 4.26. The maximum atomic E-state index is 12.6. The predicted molar refractivity (Wildman–Crippen MR) is 103 cm³/mol. The minimum Gasteiger partial charge on any atom is -0.497 e. The Bertz CT molecular complexity index is 840. The van der Waals surface area contributed by atoms with Crippen LogP contribution >= 0.6 is 15.9 Å². The van der Waals surface area contributed by atoms with Crippen LogP contribution in [0.3, 0.4) is 0 Å². The number of hydrogen-bond acceptors (Lipinski definition) is 4. The van der Waals surface area contributed by atoms with E-state index < -0.39 is 5.92 Å². The monoisotopic (exact) mass is 418 g/mol. The predicted octanol–water partition coefficient (Wildman–Crippen LogP) is 3.46. The van der Waals surface area contributed by atoms with Gasteiger partial charge < -0.3 is 19.7 Å². The van der Waals surface area contributed by atoms with Crippen LogP contribution in [0.4, 0.5) is 11.4 Å². The fourth-order valence-electron chi connectivity index (χ4n) is 2.93. The summed E-state index contributed by atoms with van der Waals surface area (Å²) in [5, 5.41) is 2.86. The second-order valence-corrected chi connectivity index (χ2v) is 6.86. The minimum absolute atomic E-state index is 0.119. The summed E-state index contributed by atoms with van der Waals surface area (Å²) in [6.07, 6.45) is 0.153. The maximum Gasteiger partial charge on any atom is 0.229 e. The highest BCUT2D eigenvalue weighted by molar-refractivity contribution is 9.10. The molecule has 1 saturated heterocycles. The molecule has 2 aromatic carbocycles. The van der Waals surface area contributed by atoms with E-state index in [1.165, 1.54) is 0 Å². The Kier molecular flexibility index (Phi) is 5.46. The first-order chi connectivity index (χ1) is 12.5. The van der Waals surface area contributed by atoms with Gasteiger partial charge in [-0.2, -0.15) is 0 Å². The number of ether oxygens (including phenoxy) is 2. The van der Waals surface area contributed by atoms with Gasteiger partial charge in [0.1, 0.15) is 11.5 Å². The molecule has 136 valence electrons. The number of hydrogen-bond donors (Lipinski definition) is 1. The van der Waals surface area contributed by atoms with E-state index in [1.54, 1.807) is 37.3 Å². The second-order valence-electron chi connectivity index (χ2n) is 5.94. The highest BCUT2D eigenvalue weighted by atomic mass is 79.9. The molecule has 26 heavy (non-hydrogen) atoms. The van der Waals surface area contributed by atoms with Crippen LogP contribution in [0.2, 0.25) is 0 Å². The van der Waals surface area contributed by atoms with Gasteiger partial charge in [-0.15, -0.1) is 0 Å². The van der Waals surface area contributed by atoms with Gasteiger partial charge in [-0.25, -0.2) is 0 Å². The number of nitrogens with one attached hydrogen (secondary N) is 1. The van der Waals surface area contributed by atoms with Gasteiger partial charge in [0, 0.05) is 29.2 Å². The van der Waals surface area contributed by atoms with E-state index in [1.807, 2.05) is 24.3 Å². The lowest BCUT2D eigenvalue weighted by Gasteiger charge is -2.20. The number of nitrogens with zero attached hydrogens (tertiary/aromatic N) is 1. The van der Waals surface area contributed by atoms with Crippen molar-refractivity contribution < 1.29 is 19.1 Å². The number of benzene rings is 2. The number of halogens is 1. The number of anilines is 2. The Labute approximate surface area is 160 Å². The molecule has 1 atom stereocenters. The van der Waals surface area contributed by atoms with Crippen LogP contribution in [0.15, 0.2) is 46.9 Å². The molecule has 0 radical (unpaired) electrons. The van der Waals surface area contributed by atoms with Crippen molar-refractivity contribution >= 4 is 39.1 Å². The van der Waals surface area contributed by atoms with Crippen molar-refractivity contribution in [3.63, 3.8) is 0 Å². The number of carbonyl (C=O) groups excluding carboxylic acids is 2. The summed E-state index contributed by atoms with van der Waals surface area (Å²) in [4.78, 5) is 26.6. The summed E-state index contributed by atoms with van der Waals surface area (Å²) in [5.41, 5.74) is 1.30. The first kappa shape index (κ1) is 18.3. The van der Waals surface area contributed by atoms with Crippen LogP contribution in [0.25, 0.3) is 0 Å². The zero-order valence-electron chi connectivity index (χ0n) is 14.5. The van der Waals surface area contributed by atoms with Crippen LogP contribution in [0.1, 0.15) is 6.42 Å². The summed E-state index contributed by atoms with van der Waals surface area (Å²) in [7, 11) is 3.11. The lowest BCUT2D eigenvalue weighted by molar-refractivity contribution is -0.122. The molecule has 0 saturated carbocycles. The molecule has 2 aromatic rings. The molecule has 3 rings (SSSR count). The van der Waals surface area contributed by atoms with Crippen molar-refractivity contribution in [1.82, 2.24) is 0 Å². The van der Waals surface area contributed by atoms with E-state index in [-0.39, 0.29) is 18.2 Å². The molecule has 0 spiro atoms. The molecule has 7 heteroatoms. The van der Waals surface area contributed by atoms with Gasteiger partial charge in [0.2, 0.25) is 11.8 Å². The van der Waals surface area contributed by atoms with E-state index in [0.29, 0.717) is 29.4 Å². The smallest absolute Gasteiger partial charge is 0.229 e. The number of carbonyl (C=O) groups is 2. The molecule has 1 aliphatic heterocycles. The molecule has 1 heterocycles. The first-order valence-corrected chi connectivity index (χ1v) is 8.90. The Morgan fingerprint density at radius 2 is 2.00 bits per heavy atom.